The Hall–Kier alpha value is -4.29. The predicted octanol–water partition coefficient (Wildman–Crippen LogP) is 5.52. The van der Waals surface area contributed by atoms with Crippen LogP contribution in [0.4, 0.5) is 4.39 Å². The van der Waals surface area contributed by atoms with Crippen molar-refractivity contribution in [3.8, 4) is 22.6 Å². The Balaban J connectivity index is 1.82. The Kier molecular flexibility index (Phi) is 7.80. The van der Waals surface area contributed by atoms with Gasteiger partial charge in [-0.1, -0.05) is 61.7 Å². The van der Waals surface area contributed by atoms with Gasteiger partial charge in [-0.2, -0.15) is 5.10 Å². The molecule has 4 rings (SSSR count). The van der Waals surface area contributed by atoms with E-state index in [9.17, 15) is 4.39 Å². The van der Waals surface area contributed by atoms with Crippen LogP contribution < -0.4 is 10.6 Å². The first-order valence-corrected chi connectivity index (χ1v) is 12.2. The topological polar surface area (TPSA) is 60.6 Å². The molecule has 0 saturated heterocycles. The number of nitrogens with one attached hydrogen (secondary N) is 2. The van der Waals surface area contributed by atoms with E-state index in [0.29, 0.717) is 11.5 Å². The molecule has 0 spiro atoms. The minimum Gasteiger partial charge on any atom is -0.337 e. The van der Waals surface area contributed by atoms with E-state index in [2.05, 4.69) is 39.3 Å². The van der Waals surface area contributed by atoms with Gasteiger partial charge in [0.25, 0.3) is 0 Å². The minimum atomic E-state index is -0.282. The number of fused-ring (bicyclic) bond motifs is 1. The fourth-order valence-electron chi connectivity index (χ4n) is 4.30. The maximum atomic E-state index is 13.9. The van der Waals surface area contributed by atoms with Crippen LogP contribution in [0.3, 0.4) is 0 Å². The van der Waals surface area contributed by atoms with Gasteiger partial charge in [0.2, 0.25) is 0 Å². The summed E-state index contributed by atoms with van der Waals surface area (Å²) in [6, 6.07) is 12.4. The van der Waals surface area contributed by atoms with E-state index < -0.39 is 0 Å². The number of aromatic nitrogens is 4. The van der Waals surface area contributed by atoms with E-state index in [1.807, 2.05) is 76.5 Å². The van der Waals surface area contributed by atoms with Crippen molar-refractivity contribution in [1.29, 1.82) is 0 Å². The second-order valence-corrected chi connectivity index (χ2v) is 9.06. The number of hydrogen-bond acceptors (Lipinski definition) is 3. The lowest BCUT2D eigenvalue weighted by Gasteiger charge is -2.11. The highest BCUT2D eigenvalue weighted by molar-refractivity contribution is 5.93. The van der Waals surface area contributed by atoms with Crippen molar-refractivity contribution in [3.63, 3.8) is 0 Å². The van der Waals surface area contributed by atoms with Gasteiger partial charge in [0, 0.05) is 17.3 Å². The number of halogens is 1. The molecular weight excluding hydrogens is 461 g/mol. The van der Waals surface area contributed by atoms with Gasteiger partial charge in [-0.3, -0.25) is 5.10 Å². The van der Waals surface area contributed by atoms with Crippen molar-refractivity contribution in [1.82, 2.24) is 25.1 Å². The van der Waals surface area contributed by atoms with Crippen LogP contribution in [-0.2, 0) is 0 Å². The molecule has 37 heavy (non-hydrogen) atoms. The van der Waals surface area contributed by atoms with Crippen molar-refractivity contribution < 1.29 is 4.39 Å². The zero-order valence-corrected chi connectivity index (χ0v) is 21.8. The molecule has 5 nitrogen and oxygen atoms in total. The third kappa shape index (κ3) is 5.60. The normalized spacial score (nSPS) is 13.7. The first-order valence-electron chi connectivity index (χ1n) is 12.2. The highest BCUT2D eigenvalue weighted by atomic mass is 19.1. The van der Waals surface area contributed by atoms with Gasteiger partial charge in [-0.05, 0) is 74.5 Å². The third-order valence-corrected chi connectivity index (χ3v) is 6.10. The van der Waals surface area contributed by atoms with Gasteiger partial charge in [0.05, 0.1) is 16.4 Å². The molecule has 188 valence electrons. The summed E-state index contributed by atoms with van der Waals surface area (Å²) in [5.41, 5.74) is 6.88. The Labute approximate surface area is 216 Å². The molecule has 2 N–H and O–H groups in total. The lowest BCUT2D eigenvalue weighted by Crippen LogP contribution is -2.24. The molecular formula is C31H32FN5. The van der Waals surface area contributed by atoms with E-state index in [0.717, 1.165) is 56.0 Å². The number of imidazole rings is 1. The van der Waals surface area contributed by atoms with Crippen LogP contribution in [-0.4, -0.2) is 45.7 Å². The lowest BCUT2D eigenvalue weighted by atomic mass is 10.0. The number of H-pyrrole nitrogens is 2. The highest BCUT2D eigenvalue weighted by Gasteiger charge is 2.14. The van der Waals surface area contributed by atoms with Gasteiger partial charge in [0.1, 0.15) is 11.5 Å². The van der Waals surface area contributed by atoms with Crippen molar-refractivity contribution in [2.24, 2.45) is 0 Å². The van der Waals surface area contributed by atoms with Crippen LogP contribution in [0.1, 0.15) is 13.8 Å². The van der Waals surface area contributed by atoms with Crippen LogP contribution in [0, 0.1) is 5.82 Å². The molecule has 0 aliphatic carbocycles. The summed E-state index contributed by atoms with van der Waals surface area (Å²) in [6.07, 6.45) is 10.0. The number of benzene rings is 2. The molecule has 6 heteroatoms. The average molecular weight is 494 g/mol. The standard InChI is InChI=1S/C31H32FN5/c1-7-21(19-37(5)6)17-22(8-2)20(4)16-26-27(9-3)35-36-30(26)31-33-28-15-11-14-25(29(28)34-31)23-12-10-13-24(32)18-23/h7-18,35H,1,4,19H2,2-3,5-6H3,(H,33,34)/b21-17+,22-8+,26-16+,27-9+. The molecule has 0 fully saturated rings. The van der Waals surface area contributed by atoms with Crippen molar-refractivity contribution in [2.45, 2.75) is 13.8 Å². The monoisotopic (exact) mass is 493 g/mol. The van der Waals surface area contributed by atoms with Crippen molar-refractivity contribution in [2.75, 3.05) is 20.6 Å². The maximum Gasteiger partial charge on any atom is 0.159 e. The summed E-state index contributed by atoms with van der Waals surface area (Å²) in [5.74, 6) is 0.342. The Morgan fingerprint density at radius 2 is 1.92 bits per heavy atom. The summed E-state index contributed by atoms with van der Waals surface area (Å²) in [4.78, 5) is 10.4. The lowest BCUT2D eigenvalue weighted by molar-refractivity contribution is 0.449. The number of allylic oxidation sites excluding steroid dienone is 4. The van der Waals surface area contributed by atoms with E-state index in [1.54, 1.807) is 6.07 Å². The predicted molar refractivity (Wildman–Crippen MR) is 153 cm³/mol. The van der Waals surface area contributed by atoms with Gasteiger partial charge in [0.15, 0.2) is 5.82 Å². The SMILES string of the molecule is C=C/C(=C\C(=C/C)C(=C)/C=c1/c(-c2nc3c(-c4cccc(F)c4)cccc3[nH]2)n[nH]/c1=C/C)CN(C)C. The van der Waals surface area contributed by atoms with E-state index in [-0.39, 0.29) is 5.82 Å². The van der Waals surface area contributed by atoms with Crippen LogP contribution in [0.5, 0.6) is 0 Å². The first kappa shape index (κ1) is 25.8. The van der Waals surface area contributed by atoms with Crippen LogP contribution in [0.25, 0.3) is 45.8 Å². The molecule has 0 aliphatic heterocycles. The molecule has 2 aromatic carbocycles. The van der Waals surface area contributed by atoms with Gasteiger partial charge in [-0.15, -0.1) is 0 Å². The smallest absolute Gasteiger partial charge is 0.159 e. The molecule has 0 amide bonds. The third-order valence-electron chi connectivity index (χ3n) is 6.10. The second kappa shape index (κ2) is 11.2. The summed E-state index contributed by atoms with van der Waals surface area (Å²) in [6.45, 7) is 13.0. The molecule has 0 bridgehead atoms. The number of para-hydroxylation sites is 1. The van der Waals surface area contributed by atoms with Gasteiger partial charge >= 0.3 is 0 Å². The molecule has 0 aliphatic rings. The van der Waals surface area contributed by atoms with Crippen molar-refractivity contribution in [3.05, 3.63) is 107 Å². The average Bonchev–Trinajstić information content (AvgIpc) is 3.49. The molecule has 2 aromatic heterocycles. The fraction of sp³-hybridized carbons (Fsp3) is 0.161. The van der Waals surface area contributed by atoms with E-state index in [4.69, 9.17) is 4.98 Å². The largest absolute Gasteiger partial charge is 0.337 e. The maximum absolute atomic E-state index is 13.9. The first-order chi connectivity index (χ1) is 17.8. The molecule has 0 atom stereocenters. The summed E-state index contributed by atoms with van der Waals surface area (Å²) in [7, 11) is 4.06. The summed E-state index contributed by atoms with van der Waals surface area (Å²) >= 11 is 0. The molecule has 2 heterocycles. The summed E-state index contributed by atoms with van der Waals surface area (Å²) < 4.78 is 13.9. The Morgan fingerprint density at radius 3 is 2.59 bits per heavy atom. The Bertz CT molecular complexity index is 1650. The molecule has 0 saturated carbocycles. The van der Waals surface area contributed by atoms with Crippen LogP contribution >= 0.6 is 0 Å². The number of likely N-dealkylation sites (N-methyl/N-ethyl adjacent to an activating group) is 1. The number of rotatable bonds is 8. The van der Waals surface area contributed by atoms with E-state index in [1.165, 1.54) is 12.1 Å². The van der Waals surface area contributed by atoms with Gasteiger partial charge < -0.3 is 9.88 Å². The number of hydrogen-bond donors (Lipinski definition) is 2. The zero-order chi connectivity index (χ0) is 26.5. The number of nitrogens with zero attached hydrogens (tertiary/aromatic N) is 3. The zero-order valence-electron chi connectivity index (χ0n) is 21.8. The highest BCUT2D eigenvalue weighted by Crippen LogP contribution is 2.29. The van der Waals surface area contributed by atoms with Crippen molar-refractivity contribution >= 4 is 23.2 Å². The summed E-state index contributed by atoms with van der Waals surface area (Å²) in [5, 5.41) is 9.46. The van der Waals surface area contributed by atoms with Gasteiger partial charge in [-0.25, -0.2) is 9.37 Å². The van der Waals surface area contributed by atoms with Crippen LogP contribution in [0.15, 0.2) is 90.6 Å². The van der Waals surface area contributed by atoms with E-state index >= 15 is 0 Å². The fourth-order valence-corrected chi connectivity index (χ4v) is 4.30. The molecule has 4 aromatic rings. The minimum absolute atomic E-state index is 0.282. The quantitative estimate of drug-likeness (QED) is 0.318. The second-order valence-electron chi connectivity index (χ2n) is 9.06. The number of aromatic amines is 2. The molecule has 0 radical (unpaired) electrons. The Morgan fingerprint density at radius 1 is 1.14 bits per heavy atom. The van der Waals surface area contributed by atoms with Crippen LogP contribution in [0.2, 0.25) is 0 Å². The molecule has 0 unspecified atom stereocenters.